The van der Waals surface area contributed by atoms with Gasteiger partial charge in [0.1, 0.15) is 22.8 Å². The summed E-state index contributed by atoms with van der Waals surface area (Å²) >= 11 is 0. The molecule has 1 atom stereocenters. The van der Waals surface area contributed by atoms with Gasteiger partial charge in [0.2, 0.25) is 0 Å². The number of ether oxygens (including phenoxy) is 3. The van der Waals surface area contributed by atoms with Gasteiger partial charge in [-0.05, 0) is 0 Å². The normalized spacial score (nSPS) is 17.0. The lowest BCUT2D eigenvalue weighted by molar-refractivity contribution is 0.0390. The second kappa shape index (κ2) is 9.72. The van der Waals surface area contributed by atoms with E-state index in [9.17, 15) is 9.90 Å². The zero-order valence-electron chi connectivity index (χ0n) is 15.6. The Morgan fingerprint density at radius 3 is 2.04 bits per heavy atom. The van der Waals surface area contributed by atoms with Crippen LogP contribution in [-0.4, -0.2) is 99.1 Å². The number of hydrogen-bond acceptors (Lipinski definition) is 8. The van der Waals surface area contributed by atoms with Crippen molar-refractivity contribution in [3.05, 3.63) is 17.7 Å². The van der Waals surface area contributed by atoms with Gasteiger partial charge in [-0.25, -0.2) is 0 Å². The van der Waals surface area contributed by atoms with Crippen molar-refractivity contribution in [1.82, 2.24) is 9.80 Å². The molecule has 8 nitrogen and oxygen atoms in total. The molecule has 1 heterocycles. The highest BCUT2D eigenvalue weighted by atomic mass is 16.5. The van der Waals surface area contributed by atoms with Crippen LogP contribution in [0.3, 0.4) is 0 Å². The second-order valence-electron chi connectivity index (χ2n) is 6.24. The van der Waals surface area contributed by atoms with Crippen LogP contribution < -0.4 is 14.2 Å². The van der Waals surface area contributed by atoms with Crippen LogP contribution >= 0.6 is 0 Å². The highest BCUT2D eigenvalue weighted by Crippen LogP contribution is 2.34. The fourth-order valence-electron chi connectivity index (χ4n) is 3.05. The van der Waals surface area contributed by atoms with Crippen molar-refractivity contribution in [3.8, 4) is 17.2 Å². The number of Topliss-reactive ketones (excluding diaryl/α,β-unsaturated/α-hetero) is 1. The summed E-state index contributed by atoms with van der Waals surface area (Å²) in [5.41, 5.74) is 0.411. The Bertz CT molecular complexity index is 576. The number of carbonyl (C=O) groups excluding carboxylic acids is 1. The zero-order chi connectivity index (χ0) is 19.1. The van der Waals surface area contributed by atoms with E-state index in [1.807, 2.05) is 0 Å². The molecule has 0 amide bonds. The monoisotopic (exact) mass is 368 g/mol. The van der Waals surface area contributed by atoms with Crippen LogP contribution in [0.25, 0.3) is 0 Å². The number of carbonyl (C=O) groups is 1. The minimum atomic E-state index is -0.726. The summed E-state index contributed by atoms with van der Waals surface area (Å²) in [5, 5.41) is 18.5. The average Bonchev–Trinajstić information content (AvgIpc) is 2.67. The molecule has 1 unspecified atom stereocenters. The Kier molecular flexibility index (Phi) is 7.65. The first kappa shape index (κ1) is 20.4. The molecule has 2 N–H and O–H groups in total. The Balaban J connectivity index is 2.02. The highest BCUT2D eigenvalue weighted by Gasteiger charge is 2.25. The molecule has 1 aromatic rings. The van der Waals surface area contributed by atoms with Crippen LogP contribution in [0, 0.1) is 0 Å². The van der Waals surface area contributed by atoms with Gasteiger partial charge in [0.15, 0.2) is 5.78 Å². The van der Waals surface area contributed by atoms with Gasteiger partial charge in [-0.2, -0.15) is 0 Å². The van der Waals surface area contributed by atoms with Crippen molar-refractivity contribution in [2.75, 3.05) is 67.2 Å². The minimum absolute atomic E-state index is 0.0785. The van der Waals surface area contributed by atoms with Crippen LogP contribution in [0.5, 0.6) is 17.2 Å². The van der Waals surface area contributed by atoms with Crippen molar-refractivity contribution in [1.29, 1.82) is 0 Å². The first-order valence-corrected chi connectivity index (χ1v) is 8.59. The molecule has 146 valence electrons. The first-order chi connectivity index (χ1) is 12.5. The van der Waals surface area contributed by atoms with E-state index in [-0.39, 0.29) is 18.9 Å². The molecule has 0 bridgehead atoms. The first-order valence-electron chi connectivity index (χ1n) is 8.59. The summed E-state index contributed by atoms with van der Waals surface area (Å²) < 4.78 is 15.9. The summed E-state index contributed by atoms with van der Waals surface area (Å²) in [6, 6.07) is 3.34. The maximum atomic E-state index is 12.8. The molecular formula is C18H28N2O6. The van der Waals surface area contributed by atoms with Gasteiger partial charge in [-0.15, -0.1) is 0 Å². The van der Waals surface area contributed by atoms with E-state index in [2.05, 4.69) is 9.80 Å². The Morgan fingerprint density at radius 2 is 1.58 bits per heavy atom. The SMILES string of the molecule is COc1cc(OC)c(C(=O)CN2CCN(CC(O)CO)CC2)c(OC)c1. The van der Waals surface area contributed by atoms with Gasteiger partial charge in [-0.3, -0.25) is 14.6 Å². The van der Waals surface area contributed by atoms with E-state index in [0.717, 1.165) is 13.1 Å². The highest BCUT2D eigenvalue weighted by molar-refractivity contribution is 6.03. The molecule has 26 heavy (non-hydrogen) atoms. The molecule has 0 spiro atoms. The van der Waals surface area contributed by atoms with Crippen LogP contribution in [-0.2, 0) is 0 Å². The van der Waals surface area contributed by atoms with Gasteiger partial charge >= 0.3 is 0 Å². The summed E-state index contributed by atoms with van der Waals surface area (Å²) in [4.78, 5) is 17.0. The third-order valence-corrected chi connectivity index (χ3v) is 4.51. The average molecular weight is 368 g/mol. The van der Waals surface area contributed by atoms with Gasteiger partial charge in [-0.1, -0.05) is 0 Å². The number of aliphatic hydroxyl groups is 2. The predicted molar refractivity (Wildman–Crippen MR) is 96.4 cm³/mol. The molecule has 1 saturated heterocycles. The lowest BCUT2D eigenvalue weighted by Crippen LogP contribution is -2.50. The number of piperazine rings is 1. The lowest BCUT2D eigenvalue weighted by Gasteiger charge is -2.35. The largest absolute Gasteiger partial charge is 0.496 e. The smallest absolute Gasteiger partial charge is 0.184 e. The molecule has 1 fully saturated rings. The van der Waals surface area contributed by atoms with Crippen LogP contribution in [0.4, 0.5) is 0 Å². The molecule has 0 aromatic heterocycles. The van der Waals surface area contributed by atoms with Crippen LogP contribution in [0.1, 0.15) is 10.4 Å². The van der Waals surface area contributed by atoms with Gasteiger partial charge < -0.3 is 24.4 Å². The maximum absolute atomic E-state index is 12.8. The Labute approximate surface area is 153 Å². The number of benzene rings is 1. The summed E-state index contributed by atoms with van der Waals surface area (Å²) in [6.45, 7) is 3.36. The van der Waals surface area contributed by atoms with E-state index >= 15 is 0 Å². The fourth-order valence-corrected chi connectivity index (χ4v) is 3.05. The molecule has 0 aliphatic carbocycles. The number of hydrogen-bond donors (Lipinski definition) is 2. The molecule has 1 aliphatic rings. The van der Waals surface area contributed by atoms with E-state index < -0.39 is 6.10 Å². The molecule has 1 aromatic carbocycles. The van der Waals surface area contributed by atoms with E-state index in [4.69, 9.17) is 19.3 Å². The predicted octanol–water partition coefficient (Wildman–Crippen LogP) is -0.134. The minimum Gasteiger partial charge on any atom is -0.496 e. The van der Waals surface area contributed by atoms with E-state index in [1.165, 1.54) is 14.2 Å². The maximum Gasteiger partial charge on any atom is 0.184 e. The second-order valence-corrected chi connectivity index (χ2v) is 6.24. The third-order valence-electron chi connectivity index (χ3n) is 4.51. The summed E-state index contributed by atoms with van der Waals surface area (Å²) in [7, 11) is 4.56. The van der Waals surface area contributed by atoms with E-state index in [1.54, 1.807) is 19.2 Å². The molecule has 2 rings (SSSR count). The van der Waals surface area contributed by atoms with Crippen LogP contribution in [0.2, 0.25) is 0 Å². The molecule has 0 radical (unpaired) electrons. The number of ketones is 1. The van der Waals surface area contributed by atoms with Gasteiger partial charge in [0.25, 0.3) is 0 Å². The fraction of sp³-hybridized carbons (Fsp3) is 0.611. The number of methoxy groups -OCH3 is 3. The van der Waals surface area contributed by atoms with Crippen molar-refractivity contribution < 1.29 is 29.2 Å². The standard InChI is InChI=1S/C18H28N2O6/c1-24-14-8-16(25-2)18(17(9-14)26-3)15(23)11-20-6-4-19(5-7-20)10-13(22)12-21/h8-9,13,21-22H,4-7,10-12H2,1-3H3. The summed E-state index contributed by atoms with van der Waals surface area (Å²) in [5.74, 6) is 1.34. The molecule has 1 aliphatic heterocycles. The molecule has 0 saturated carbocycles. The Hall–Kier alpha value is -1.87. The molecular weight excluding hydrogens is 340 g/mol. The number of rotatable bonds is 9. The topological polar surface area (TPSA) is 91.7 Å². The van der Waals surface area contributed by atoms with Crippen molar-refractivity contribution >= 4 is 5.78 Å². The quantitative estimate of drug-likeness (QED) is 0.583. The third kappa shape index (κ3) is 5.07. The summed E-state index contributed by atoms with van der Waals surface area (Å²) in [6.07, 6.45) is -0.726. The number of β-amino-alcohol motifs (C(OH)–C–C–N with tert-alkyl or cyclic N) is 1. The number of nitrogens with zero attached hydrogens (tertiary/aromatic N) is 2. The van der Waals surface area contributed by atoms with Crippen molar-refractivity contribution in [2.24, 2.45) is 0 Å². The van der Waals surface area contributed by atoms with Crippen LogP contribution in [0.15, 0.2) is 12.1 Å². The Morgan fingerprint density at radius 1 is 1.04 bits per heavy atom. The molecule has 8 heteroatoms. The van der Waals surface area contributed by atoms with E-state index in [0.29, 0.717) is 42.4 Å². The van der Waals surface area contributed by atoms with Gasteiger partial charge in [0, 0.05) is 44.9 Å². The van der Waals surface area contributed by atoms with Crippen molar-refractivity contribution in [3.63, 3.8) is 0 Å². The van der Waals surface area contributed by atoms with Crippen molar-refractivity contribution in [2.45, 2.75) is 6.10 Å². The van der Waals surface area contributed by atoms with Gasteiger partial charge in [0.05, 0.1) is 40.6 Å². The zero-order valence-corrected chi connectivity index (χ0v) is 15.6. The lowest BCUT2D eigenvalue weighted by atomic mass is 10.1. The number of aliphatic hydroxyl groups excluding tert-OH is 2.